The van der Waals surface area contributed by atoms with Crippen LogP contribution in [-0.4, -0.2) is 24.4 Å². The van der Waals surface area contributed by atoms with E-state index in [9.17, 15) is 14.4 Å². The SMILES string of the molecule is Cc1ccc(NC(=O)CCC(=O)OCC(=O)Nc2cccc(Cl)c2Cl)cc1C. The summed E-state index contributed by atoms with van der Waals surface area (Å²) in [5, 5.41) is 5.72. The first-order valence-corrected chi connectivity index (χ1v) is 9.28. The second kappa shape index (κ2) is 10.1. The predicted octanol–water partition coefficient (Wildman–Crippen LogP) is 4.51. The second-order valence-electron chi connectivity index (χ2n) is 6.16. The molecule has 6 nitrogen and oxygen atoms in total. The Morgan fingerprint density at radius 3 is 2.39 bits per heavy atom. The van der Waals surface area contributed by atoms with Gasteiger partial charge in [0.1, 0.15) is 0 Å². The van der Waals surface area contributed by atoms with Crippen LogP contribution in [0.1, 0.15) is 24.0 Å². The van der Waals surface area contributed by atoms with Gasteiger partial charge in [-0.05, 0) is 49.2 Å². The van der Waals surface area contributed by atoms with Crippen molar-refractivity contribution in [1.82, 2.24) is 0 Å². The molecule has 2 amide bonds. The molecule has 2 aromatic carbocycles. The molecular weight excluding hydrogens is 403 g/mol. The predicted molar refractivity (Wildman–Crippen MR) is 110 cm³/mol. The molecule has 0 spiro atoms. The summed E-state index contributed by atoms with van der Waals surface area (Å²) < 4.78 is 4.87. The quantitative estimate of drug-likeness (QED) is 0.642. The Morgan fingerprint density at radius 2 is 1.68 bits per heavy atom. The molecule has 0 aromatic heterocycles. The van der Waals surface area contributed by atoms with Crippen LogP contribution in [0.25, 0.3) is 0 Å². The molecule has 8 heteroatoms. The molecule has 0 aliphatic rings. The van der Waals surface area contributed by atoms with E-state index in [1.807, 2.05) is 26.0 Å². The molecular formula is C20H20Cl2N2O4. The molecule has 2 rings (SSSR count). The number of rotatable bonds is 7. The number of carbonyl (C=O) groups is 3. The highest BCUT2D eigenvalue weighted by Gasteiger charge is 2.13. The van der Waals surface area contributed by atoms with Crippen LogP contribution in [0.4, 0.5) is 11.4 Å². The van der Waals surface area contributed by atoms with Gasteiger partial charge in [0.25, 0.3) is 5.91 Å². The Kier molecular flexibility index (Phi) is 7.84. The van der Waals surface area contributed by atoms with Crippen molar-refractivity contribution in [3.05, 3.63) is 57.6 Å². The number of ether oxygens (including phenoxy) is 1. The summed E-state index contributed by atoms with van der Waals surface area (Å²) >= 11 is 11.8. The Labute approximate surface area is 173 Å². The van der Waals surface area contributed by atoms with E-state index in [1.165, 1.54) is 0 Å². The number of halogens is 2. The number of aryl methyl sites for hydroxylation is 2. The summed E-state index contributed by atoms with van der Waals surface area (Å²) in [5.41, 5.74) is 3.17. The molecule has 0 heterocycles. The van der Waals surface area contributed by atoms with E-state index in [2.05, 4.69) is 10.6 Å². The maximum atomic E-state index is 11.9. The average molecular weight is 423 g/mol. The lowest BCUT2D eigenvalue weighted by atomic mass is 10.1. The highest BCUT2D eigenvalue weighted by molar-refractivity contribution is 6.44. The van der Waals surface area contributed by atoms with Crippen molar-refractivity contribution in [2.45, 2.75) is 26.7 Å². The van der Waals surface area contributed by atoms with Crippen LogP contribution in [0, 0.1) is 13.8 Å². The molecule has 0 saturated carbocycles. The summed E-state index contributed by atoms with van der Waals surface area (Å²) in [7, 11) is 0. The number of carbonyl (C=O) groups excluding carboxylic acids is 3. The van der Waals surface area contributed by atoms with Crippen molar-refractivity contribution in [1.29, 1.82) is 0 Å². The summed E-state index contributed by atoms with van der Waals surface area (Å²) in [6.07, 6.45) is -0.185. The normalized spacial score (nSPS) is 10.3. The van der Waals surface area contributed by atoms with E-state index >= 15 is 0 Å². The van der Waals surface area contributed by atoms with Gasteiger partial charge in [-0.15, -0.1) is 0 Å². The standard InChI is InChI=1S/C20H20Cl2N2O4/c1-12-6-7-14(10-13(12)2)23-17(25)8-9-19(27)28-11-18(26)24-16-5-3-4-15(21)20(16)22/h3-7,10H,8-9,11H2,1-2H3,(H,23,25)(H,24,26). The van der Waals surface area contributed by atoms with E-state index in [4.69, 9.17) is 27.9 Å². The summed E-state index contributed by atoms with van der Waals surface area (Å²) in [6, 6.07) is 10.3. The highest BCUT2D eigenvalue weighted by atomic mass is 35.5. The van der Waals surface area contributed by atoms with Crippen molar-refractivity contribution < 1.29 is 19.1 Å². The number of anilines is 2. The van der Waals surface area contributed by atoms with Gasteiger partial charge in [-0.3, -0.25) is 14.4 Å². The molecule has 148 valence electrons. The molecule has 0 aliphatic carbocycles. The first-order chi connectivity index (χ1) is 13.3. The van der Waals surface area contributed by atoms with Gasteiger partial charge in [0.05, 0.1) is 22.2 Å². The number of esters is 1. The van der Waals surface area contributed by atoms with Crippen molar-refractivity contribution in [2.24, 2.45) is 0 Å². The number of nitrogens with one attached hydrogen (secondary N) is 2. The minimum Gasteiger partial charge on any atom is -0.456 e. The van der Waals surface area contributed by atoms with E-state index in [0.717, 1.165) is 11.1 Å². The van der Waals surface area contributed by atoms with Gasteiger partial charge in [0.2, 0.25) is 5.91 Å². The maximum absolute atomic E-state index is 11.9. The molecule has 28 heavy (non-hydrogen) atoms. The van der Waals surface area contributed by atoms with E-state index < -0.39 is 18.5 Å². The zero-order chi connectivity index (χ0) is 20.7. The molecule has 0 saturated heterocycles. The minimum absolute atomic E-state index is 0.0481. The van der Waals surface area contributed by atoms with E-state index in [-0.39, 0.29) is 23.8 Å². The topological polar surface area (TPSA) is 84.5 Å². The van der Waals surface area contributed by atoms with Gasteiger partial charge in [-0.2, -0.15) is 0 Å². The minimum atomic E-state index is -0.650. The lowest BCUT2D eigenvalue weighted by Crippen LogP contribution is -2.22. The zero-order valence-electron chi connectivity index (χ0n) is 15.5. The Bertz CT molecular complexity index is 900. The van der Waals surface area contributed by atoms with E-state index in [1.54, 1.807) is 24.3 Å². The Hall–Kier alpha value is -2.57. The molecule has 0 bridgehead atoms. The fourth-order valence-corrected chi connectivity index (χ4v) is 2.61. The smallest absolute Gasteiger partial charge is 0.306 e. The van der Waals surface area contributed by atoms with Crippen LogP contribution in [0.2, 0.25) is 10.0 Å². The van der Waals surface area contributed by atoms with Crippen LogP contribution in [0.3, 0.4) is 0 Å². The third-order valence-corrected chi connectivity index (χ3v) is 4.76. The van der Waals surface area contributed by atoms with Gasteiger partial charge in [-0.1, -0.05) is 35.3 Å². The van der Waals surface area contributed by atoms with Crippen LogP contribution < -0.4 is 10.6 Å². The van der Waals surface area contributed by atoms with Gasteiger partial charge < -0.3 is 15.4 Å². The molecule has 0 fully saturated rings. The molecule has 2 aromatic rings. The van der Waals surface area contributed by atoms with E-state index in [0.29, 0.717) is 16.4 Å². The zero-order valence-corrected chi connectivity index (χ0v) is 17.0. The summed E-state index contributed by atoms with van der Waals surface area (Å²) in [4.78, 5) is 35.5. The maximum Gasteiger partial charge on any atom is 0.306 e. The fourth-order valence-electron chi connectivity index (χ4n) is 2.26. The third kappa shape index (κ3) is 6.55. The molecule has 0 radical (unpaired) electrons. The lowest BCUT2D eigenvalue weighted by molar-refractivity contribution is -0.147. The summed E-state index contributed by atoms with van der Waals surface area (Å²) in [5.74, 6) is -1.52. The molecule has 2 N–H and O–H groups in total. The second-order valence-corrected chi connectivity index (χ2v) is 6.94. The summed E-state index contributed by atoms with van der Waals surface area (Å²) in [6.45, 7) is 3.44. The third-order valence-electron chi connectivity index (χ3n) is 3.94. The largest absolute Gasteiger partial charge is 0.456 e. The number of hydrogen-bond acceptors (Lipinski definition) is 4. The van der Waals surface area contributed by atoms with Crippen LogP contribution in [-0.2, 0) is 19.1 Å². The van der Waals surface area contributed by atoms with Gasteiger partial charge in [-0.25, -0.2) is 0 Å². The Morgan fingerprint density at radius 1 is 0.929 bits per heavy atom. The van der Waals surface area contributed by atoms with Gasteiger partial charge >= 0.3 is 5.97 Å². The first kappa shape index (κ1) is 21.7. The molecule has 0 atom stereocenters. The lowest BCUT2D eigenvalue weighted by Gasteiger charge is -2.09. The monoisotopic (exact) mass is 422 g/mol. The Balaban J connectivity index is 1.73. The molecule has 0 unspecified atom stereocenters. The average Bonchev–Trinajstić information content (AvgIpc) is 2.65. The van der Waals surface area contributed by atoms with Crippen molar-refractivity contribution >= 4 is 52.4 Å². The first-order valence-electron chi connectivity index (χ1n) is 8.53. The van der Waals surface area contributed by atoms with Gasteiger partial charge in [0, 0.05) is 12.1 Å². The highest BCUT2D eigenvalue weighted by Crippen LogP contribution is 2.29. The molecule has 0 aliphatic heterocycles. The number of hydrogen-bond donors (Lipinski definition) is 2. The van der Waals surface area contributed by atoms with Crippen molar-refractivity contribution in [3.8, 4) is 0 Å². The fraction of sp³-hybridized carbons (Fsp3) is 0.250. The van der Waals surface area contributed by atoms with Crippen LogP contribution >= 0.6 is 23.2 Å². The van der Waals surface area contributed by atoms with Crippen molar-refractivity contribution in [3.63, 3.8) is 0 Å². The van der Waals surface area contributed by atoms with Gasteiger partial charge in [0.15, 0.2) is 6.61 Å². The number of amides is 2. The van der Waals surface area contributed by atoms with Crippen LogP contribution in [0.5, 0.6) is 0 Å². The number of benzene rings is 2. The van der Waals surface area contributed by atoms with Crippen molar-refractivity contribution in [2.75, 3.05) is 17.2 Å². The van der Waals surface area contributed by atoms with Crippen LogP contribution in [0.15, 0.2) is 36.4 Å².